The minimum atomic E-state index is 0.289. The second-order valence-electron chi connectivity index (χ2n) is 8.78. The fourth-order valence-corrected chi connectivity index (χ4v) is 4.97. The normalized spacial score (nSPS) is 32.5. The number of hydrogen-bond acceptors (Lipinski definition) is 4. The lowest BCUT2D eigenvalue weighted by atomic mass is 9.96. The predicted molar refractivity (Wildman–Crippen MR) is 116 cm³/mol. The molecule has 3 fully saturated rings. The lowest BCUT2D eigenvalue weighted by Crippen LogP contribution is -2.47. The lowest BCUT2D eigenvalue weighted by Gasteiger charge is -2.35. The van der Waals surface area contributed by atoms with Gasteiger partial charge in [-0.25, -0.2) is 4.99 Å². The summed E-state index contributed by atoms with van der Waals surface area (Å²) in [5.41, 5.74) is 2.65. The molecule has 3 saturated heterocycles. The maximum atomic E-state index is 5.99. The first-order valence-electron chi connectivity index (χ1n) is 11.3. The summed E-state index contributed by atoms with van der Waals surface area (Å²) < 4.78 is 11.9. The molecule has 4 rings (SSSR count). The molecular formula is C23H36N4O2. The third-order valence-corrected chi connectivity index (χ3v) is 6.19. The monoisotopic (exact) mass is 400 g/mol. The number of rotatable bonds is 6. The van der Waals surface area contributed by atoms with Gasteiger partial charge in [0.25, 0.3) is 0 Å². The van der Waals surface area contributed by atoms with Crippen LogP contribution in [0.15, 0.2) is 29.3 Å². The number of nitrogens with zero attached hydrogens (tertiary/aromatic N) is 2. The van der Waals surface area contributed by atoms with Gasteiger partial charge < -0.3 is 20.1 Å². The van der Waals surface area contributed by atoms with Gasteiger partial charge in [0.1, 0.15) is 0 Å². The summed E-state index contributed by atoms with van der Waals surface area (Å²) in [5, 5.41) is 7.03. The van der Waals surface area contributed by atoms with Crippen molar-refractivity contribution in [2.24, 2.45) is 4.99 Å². The molecule has 1 aromatic rings. The van der Waals surface area contributed by atoms with E-state index in [2.05, 4.69) is 60.6 Å². The van der Waals surface area contributed by atoms with Gasteiger partial charge in [0.2, 0.25) is 0 Å². The maximum Gasteiger partial charge on any atom is 0.191 e. The molecule has 3 heterocycles. The number of ether oxygens (including phenoxy) is 2. The fraction of sp³-hybridized carbons (Fsp3) is 0.696. The molecule has 3 aliphatic heterocycles. The first-order valence-corrected chi connectivity index (χ1v) is 11.3. The van der Waals surface area contributed by atoms with Crippen molar-refractivity contribution in [2.75, 3.05) is 19.6 Å². The Hall–Kier alpha value is -1.63. The summed E-state index contributed by atoms with van der Waals surface area (Å²) in [5.74, 6) is 0.900. The Labute approximate surface area is 175 Å². The van der Waals surface area contributed by atoms with E-state index in [1.54, 1.807) is 0 Å². The van der Waals surface area contributed by atoms with Crippen molar-refractivity contribution in [1.29, 1.82) is 0 Å². The number of fused-ring (bicyclic) bond motifs is 2. The van der Waals surface area contributed by atoms with Crippen LogP contribution in [0.25, 0.3) is 0 Å². The third kappa shape index (κ3) is 5.30. The number of hydrogen-bond donors (Lipinski definition) is 2. The van der Waals surface area contributed by atoms with Crippen LogP contribution in [-0.4, -0.2) is 61.0 Å². The zero-order chi connectivity index (χ0) is 20.2. The number of guanidine groups is 1. The lowest BCUT2D eigenvalue weighted by molar-refractivity contribution is -0.0705. The van der Waals surface area contributed by atoms with Gasteiger partial charge >= 0.3 is 0 Å². The van der Waals surface area contributed by atoms with Crippen molar-refractivity contribution in [3.05, 3.63) is 35.4 Å². The zero-order valence-electron chi connectivity index (χ0n) is 18.1. The summed E-state index contributed by atoms with van der Waals surface area (Å²) in [6.45, 7) is 10.9. The molecule has 6 heteroatoms. The Morgan fingerprint density at radius 3 is 2.52 bits per heavy atom. The van der Waals surface area contributed by atoms with E-state index in [1.165, 1.54) is 24.0 Å². The van der Waals surface area contributed by atoms with Crippen LogP contribution in [0.4, 0.5) is 0 Å². The molecule has 5 atom stereocenters. The maximum absolute atomic E-state index is 5.99. The second kappa shape index (κ2) is 9.45. The van der Waals surface area contributed by atoms with E-state index >= 15 is 0 Å². The molecule has 2 bridgehead atoms. The van der Waals surface area contributed by atoms with Gasteiger partial charge in [0.05, 0.1) is 37.0 Å². The first-order chi connectivity index (χ1) is 14.1. The van der Waals surface area contributed by atoms with Crippen LogP contribution in [0, 0.1) is 0 Å². The highest BCUT2D eigenvalue weighted by Gasteiger charge is 2.41. The van der Waals surface area contributed by atoms with Crippen LogP contribution in [0.2, 0.25) is 0 Å². The Morgan fingerprint density at radius 2 is 1.86 bits per heavy atom. The SMILES string of the molecule is CCNC(=NCc1ccccc1CN1CC(C)OC(C)C1)NC1CC2CCC1O2. The average molecular weight is 401 g/mol. The molecule has 0 amide bonds. The highest BCUT2D eigenvalue weighted by Crippen LogP contribution is 2.34. The minimum Gasteiger partial charge on any atom is -0.373 e. The van der Waals surface area contributed by atoms with Gasteiger partial charge in [0.15, 0.2) is 5.96 Å². The topological polar surface area (TPSA) is 58.1 Å². The molecule has 2 N–H and O–H groups in total. The number of nitrogens with one attached hydrogen (secondary N) is 2. The molecule has 0 radical (unpaired) electrons. The molecular weight excluding hydrogens is 364 g/mol. The van der Waals surface area contributed by atoms with Gasteiger partial charge in [-0.05, 0) is 51.2 Å². The summed E-state index contributed by atoms with van der Waals surface area (Å²) >= 11 is 0. The summed E-state index contributed by atoms with van der Waals surface area (Å²) in [4.78, 5) is 7.41. The smallest absolute Gasteiger partial charge is 0.191 e. The summed E-state index contributed by atoms with van der Waals surface area (Å²) in [6, 6.07) is 9.07. The van der Waals surface area contributed by atoms with Crippen molar-refractivity contribution < 1.29 is 9.47 Å². The first kappa shape index (κ1) is 20.6. The Kier molecular flexibility index (Phi) is 6.73. The highest BCUT2D eigenvalue weighted by molar-refractivity contribution is 5.80. The Morgan fingerprint density at radius 1 is 1.10 bits per heavy atom. The molecule has 0 aliphatic carbocycles. The second-order valence-corrected chi connectivity index (χ2v) is 8.78. The molecule has 5 unspecified atom stereocenters. The minimum absolute atomic E-state index is 0.289. The third-order valence-electron chi connectivity index (χ3n) is 6.19. The Balaban J connectivity index is 1.40. The quantitative estimate of drug-likeness (QED) is 0.568. The van der Waals surface area contributed by atoms with Gasteiger partial charge in [-0.1, -0.05) is 24.3 Å². The van der Waals surface area contributed by atoms with E-state index in [0.29, 0.717) is 24.8 Å². The largest absolute Gasteiger partial charge is 0.373 e. The van der Waals surface area contributed by atoms with E-state index in [0.717, 1.165) is 38.6 Å². The number of morpholine rings is 1. The molecule has 0 saturated carbocycles. The van der Waals surface area contributed by atoms with Crippen LogP contribution in [0.3, 0.4) is 0 Å². The number of benzene rings is 1. The van der Waals surface area contributed by atoms with Crippen molar-refractivity contribution >= 4 is 5.96 Å². The molecule has 1 aromatic carbocycles. The van der Waals surface area contributed by atoms with Gasteiger partial charge in [-0.15, -0.1) is 0 Å². The molecule has 6 nitrogen and oxygen atoms in total. The molecule has 0 aromatic heterocycles. The van der Waals surface area contributed by atoms with Crippen LogP contribution in [-0.2, 0) is 22.6 Å². The van der Waals surface area contributed by atoms with E-state index in [4.69, 9.17) is 14.5 Å². The average Bonchev–Trinajstić information content (AvgIpc) is 3.30. The van der Waals surface area contributed by atoms with Crippen molar-refractivity contribution in [3.8, 4) is 0 Å². The van der Waals surface area contributed by atoms with Crippen molar-refractivity contribution in [1.82, 2.24) is 15.5 Å². The molecule has 29 heavy (non-hydrogen) atoms. The van der Waals surface area contributed by atoms with E-state index in [9.17, 15) is 0 Å². The molecule has 0 spiro atoms. The zero-order valence-corrected chi connectivity index (χ0v) is 18.1. The van der Waals surface area contributed by atoms with Crippen molar-refractivity contribution in [3.63, 3.8) is 0 Å². The summed E-state index contributed by atoms with van der Waals surface area (Å²) in [7, 11) is 0. The fourth-order valence-electron chi connectivity index (χ4n) is 4.97. The Bertz CT molecular complexity index is 700. The van der Waals surface area contributed by atoms with Gasteiger partial charge in [-0.3, -0.25) is 4.90 Å². The van der Waals surface area contributed by atoms with Crippen LogP contribution in [0.1, 0.15) is 51.2 Å². The van der Waals surface area contributed by atoms with E-state index in [-0.39, 0.29) is 12.2 Å². The van der Waals surface area contributed by atoms with E-state index in [1.807, 2.05) is 0 Å². The van der Waals surface area contributed by atoms with Crippen LogP contribution in [0.5, 0.6) is 0 Å². The van der Waals surface area contributed by atoms with E-state index < -0.39 is 0 Å². The molecule has 3 aliphatic rings. The van der Waals surface area contributed by atoms with Crippen molar-refractivity contribution in [2.45, 2.75) is 83.6 Å². The van der Waals surface area contributed by atoms with Gasteiger partial charge in [-0.2, -0.15) is 0 Å². The standard InChI is InChI=1S/C23H36N4O2/c1-4-24-23(26-21-11-20-9-10-22(21)29-20)25-12-18-7-5-6-8-19(18)15-27-13-16(2)28-17(3)14-27/h5-8,16-17,20-22H,4,9-15H2,1-3H3,(H2,24,25,26). The summed E-state index contributed by atoms with van der Waals surface area (Å²) in [6.07, 6.45) is 4.85. The van der Waals surface area contributed by atoms with Gasteiger partial charge in [0, 0.05) is 26.2 Å². The van der Waals surface area contributed by atoms with Crippen LogP contribution >= 0.6 is 0 Å². The number of aliphatic imine (C=N–C) groups is 1. The predicted octanol–water partition coefficient (Wildman–Crippen LogP) is 2.67. The highest BCUT2D eigenvalue weighted by atomic mass is 16.5. The van der Waals surface area contributed by atoms with Crippen LogP contribution < -0.4 is 10.6 Å². The molecule has 160 valence electrons.